The van der Waals surface area contributed by atoms with Crippen molar-refractivity contribution in [3.63, 3.8) is 0 Å². The summed E-state index contributed by atoms with van der Waals surface area (Å²) in [6, 6.07) is -0.0458. The zero-order valence-electron chi connectivity index (χ0n) is 10.8. The van der Waals surface area contributed by atoms with Crippen molar-refractivity contribution in [1.29, 1.82) is 0 Å². The van der Waals surface area contributed by atoms with Gasteiger partial charge in [-0.05, 0) is 40.2 Å². The first-order valence-corrected chi connectivity index (χ1v) is 6.18. The van der Waals surface area contributed by atoms with Crippen LogP contribution in [-0.2, 0) is 4.79 Å². The van der Waals surface area contributed by atoms with E-state index in [0.717, 1.165) is 32.5 Å². The van der Waals surface area contributed by atoms with Gasteiger partial charge in [-0.15, -0.1) is 0 Å². The molecule has 94 valence electrons. The normalized spacial score (nSPS) is 23.3. The van der Waals surface area contributed by atoms with E-state index in [0.29, 0.717) is 0 Å². The maximum Gasteiger partial charge on any atom is 0.234 e. The van der Waals surface area contributed by atoms with Gasteiger partial charge in [0.25, 0.3) is 0 Å². The number of likely N-dealkylation sites (tertiary alicyclic amines) is 1. The highest BCUT2D eigenvalue weighted by atomic mass is 16.1. The SMILES string of the molecule is CC(C)(C)NCCN1CCCCC1C(N)=O. The Morgan fingerprint density at radius 1 is 1.44 bits per heavy atom. The summed E-state index contributed by atoms with van der Waals surface area (Å²) in [5.41, 5.74) is 5.55. The summed E-state index contributed by atoms with van der Waals surface area (Å²) in [7, 11) is 0. The summed E-state index contributed by atoms with van der Waals surface area (Å²) in [6.07, 6.45) is 3.22. The third kappa shape index (κ3) is 4.49. The number of hydrogen-bond donors (Lipinski definition) is 2. The number of nitrogens with one attached hydrogen (secondary N) is 1. The van der Waals surface area contributed by atoms with E-state index in [1.165, 1.54) is 6.42 Å². The van der Waals surface area contributed by atoms with Gasteiger partial charge in [-0.2, -0.15) is 0 Å². The molecule has 0 radical (unpaired) electrons. The van der Waals surface area contributed by atoms with Crippen LogP contribution in [0.1, 0.15) is 40.0 Å². The Balaban J connectivity index is 2.36. The smallest absolute Gasteiger partial charge is 0.234 e. The molecule has 1 heterocycles. The number of nitrogens with zero attached hydrogens (tertiary/aromatic N) is 1. The summed E-state index contributed by atoms with van der Waals surface area (Å²) < 4.78 is 0. The molecule has 1 fully saturated rings. The van der Waals surface area contributed by atoms with E-state index >= 15 is 0 Å². The standard InChI is InChI=1S/C12H25N3O/c1-12(2,3)14-7-9-15-8-5-4-6-10(15)11(13)16/h10,14H,4-9H2,1-3H3,(H2,13,16). The van der Waals surface area contributed by atoms with Crippen molar-refractivity contribution in [3.05, 3.63) is 0 Å². The molecule has 0 saturated carbocycles. The molecule has 0 aromatic carbocycles. The molecule has 16 heavy (non-hydrogen) atoms. The molecule has 4 nitrogen and oxygen atoms in total. The molecule has 0 aliphatic carbocycles. The first kappa shape index (κ1) is 13.5. The second kappa shape index (κ2) is 5.64. The number of piperidine rings is 1. The lowest BCUT2D eigenvalue weighted by Crippen LogP contribution is -2.51. The fourth-order valence-electron chi connectivity index (χ4n) is 2.16. The Morgan fingerprint density at radius 2 is 2.12 bits per heavy atom. The molecular weight excluding hydrogens is 202 g/mol. The highest BCUT2D eigenvalue weighted by molar-refractivity contribution is 5.79. The Bertz CT molecular complexity index is 235. The minimum atomic E-state index is -0.171. The van der Waals surface area contributed by atoms with Gasteiger partial charge >= 0.3 is 0 Å². The molecule has 4 heteroatoms. The molecule has 0 spiro atoms. The maximum absolute atomic E-state index is 11.3. The Labute approximate surface area is 98.6 Å². The summed E-state index contributed by atoms with van der Waals surface area (Å²) in [4.78, 5) is 13.5. The van der Waals surface area contributed by atoms with Crippen molar-refractivity contribution in [2.75, 3.05) is 19.6 Å². The molecule has 1 aliphatic heterocycles. The molecule has 0 bridgehead atoms. The molecule has 1 rings (SSSR count). The average molecular weight is 227 g/mol. The molecule has 1 unspecified atom stereocenters. The molecule has 1 atom stereocenters. The highest BCUT2D eigenvalue weighted by Gasteiger charge is 2.26. The maximum atomic E-state index is 11.3. The Kier molecular flexibility index (Phi) is 4.74. The number of hydrogen-bond acceptors (Lipinski definition) is 3. The largest absolute Gasteiger partial charge is 0.368 e. The van der Waals surface area contributed by atoms with E-state index in [9.17, 15) is 4.79 Å². The minimum absolute atomic E-state index is 0.0458. The van der Waals surface area contributed by atoms with E-state index < -0.39 is 0 Å². The molecule has 0 aromatic rings. The molecule has 0 aromatic heterocycles. The van der Waals surface area contributed by atoms with Crippen LogP contribution < -0.4 is 11.1 Å². The quantitative estimate of drug-likeness (QED) is 0.744. The monoisotopic (exact) mass is 227 g/mol. The van der Waals surface area contributed by atoms with E-state index in [2.05, 4.69) is 31.0 Å². The third-order valence-corrected chi connectivity index (χ3v) is 3.00. The van der Waals surface area contributed by atoms with Gasteiger partial charge in [0.1, 0.15) is 0 Å². The second-order valence-electron chi connectivity index (χ2n) is 5.63. The van der Waals surface area contributed by atoms with Crippen molar-refractivity contribution in [3.8, 4) is 0 Å². The lowest BCUT2D eigenvalue weighted by Gasteiger charge is -2.34. The van der Waals surface area contributed by atoms with Gasteiger partial charge in [0.05, 0.1) is 6.04 Å². The van der Waals surface area contributed by atoms with Gasteiger partial charge in [0, 0.05) is 18.6 Å². The van der Waals surface area contributed by atoms with Crippen LogP contribution in [0.5, 0.6) is 0 Å². The first-order chi connectivity index (χ1) is 7.40. The van der Waals surface area contributed by atoms with Crippen molar-refractivity contribution < 1.29 is 4.79 Å². The van der Waals surface area contributed by atoms with Crippen LogP contribution in [0.25, 0.3) is 0 Å². The summed E-state index contributed by atoms with van der Waals surface area (Å²) in [5.74, 6) is -0.171. The van der Waals surface area contributed by atoms with Gasteiger partial charge in [0.2, 0.25) is 5.91 Å². The minimum Gasteiger partial charge on any atom is -0.368 e. The lowest BCUT2D eigenvalue weighted by atomic mass is 10.0. The number of carbonyl (C=O) groups excluding carboxylic acids is 1. The zero-order chi connectivity index (χ0) is 12.2. The number of carbonyl (C=O) groups is 1. The van der Waals surface area contributed by atoms with Crippen molar-refractivity contribution in [2.45, 2.75) is 51.6 Å². The fourth-order valence-corrected chi connectivity index (χ4v) is 2.16. The number of nitrogens with two attached hydrogens (primary N) is 1. The van der Waals surface area contributed by atoms with Gasteiger partial charge in [-0.25, -0.2) is 0 Å². The van der Waals surface area contributed by atoms with Gasteiger partial charge in [0.15, 0.2) is 0 Å². The van der Waals surface area contributed by atoms with E-state index in [1.807, 2.05) is 0 Å². The van der Waals surface area contributed by atoms with Crippen molar-refractivity contribution in [1.82, 2.24) is 10.2 Å². The number of primary amides is 1. The number of amides is 1. The van der Waals surface area contributed by atoms with Gasteiger partial charge < -0.3 is 11.1 Å². The number of rotatable bonds is 4. The van der Waals surface area contributed by atoms with Crippen LogP contribution in [0, 0.1) is 0 Å². The topological polar surface area (TPSA) is 58.4 Å². The molecule has 3 N–H and O–H groups in total. The Hall–Kier alpha value is -0.610. The molecule has 1 saturated heterocycles. The predicted octanol–water partition coefficient (Wildman–Crippen LogP) is 0.714. The van der Waals surface area contributed by atoms with E-state index in [1.54, 1.807) is 0 Å². The second-order valence-corrected chi connectivity index (χ2v) is 5.63. The first-order valence-electron chi connectivity index (χ1n) is 6.18. The summed E-state index contributed by atoms with van der Waals surface area (Å²) >= 11 is 0. The highest BCUT2D eigenvalue weighted by Crippen LogP contribution is 2.16. The molecular formula is C12H25N3O. The predicted molar refractivity (Wildman–Crippen MR) is 66.2 cm³/mol. The van der Waals surface area contributed by atoms with Crippen LogP contribution in [0.15, 0.2) is 0 Å². The van der Waals surface area contributed by atoms with Gasteiger partial charge in [-0.3, -0.25) is 9.69 Å². The van der Waals surface area contributed by atoms with Gasteiger partial charge in [-0.1, -0.05) is 6.42 Å². The average Bonchev–Trinajstić information content (AvgIpc) is 2.16. The summed E-state index contributed by atoms with van der Waals surface area (Å²) in [6.45, 7) is 9.26. The van der Waals surface area contributed by atoms with Crippen molar-refractivity contribution in [2.24, 2.45) is 5.73 Å². The Morgan fingerprint density at radius 3 is 2.69 bits per heavy atom. The van der Waals surface area contributed by atoms with Crippen LogP contribution in [-0.4, -0.2) is 42.0 Å². The van der Waals surface area contributed by atoms with Crippen LogP contribution in [0.3, 0.4) is 0 Å². The summed E-state index contributed by atoms with van der Waals surface area (Å²) in [5, 5.41) is 3.43. The van der Waals surface area contributed by atoms with Crippen LogP contribution in [0.4, 0.5) is 0 Å². The third-order valence-electron chi connectivity index (χ3n) is 3.00. The van der Waals surface area contributed by atoms with Crippen molar-refractivity contribution >= 4 is 5.91 Å². The van der Waals surface area contributed by atoms with E-state index in [4.69, 9.17) is 5.73 Å². The van der Waals surface area contributed by atoms with E-state index in [-0.39, 0.29) is 17.5 Å². The molecule has 1 amide bonds. The molecule has 1 aliphatic rings. The fraction of sp³-hybridized carbons (Fsp3) is 0.917. The lowest BCUT2D eigenvalue weighted by molar-refractivity contribution is -0.124. The zero-order valence-corrected chi connectivity index (χ0v) is 10.8. The van der Waals surface area contributed by atoms with Crippen LogP contribution >= 0.6 is 0 Å². The van der Waals surface area contributed by atoms with Crippen LogP contribution in [0.2, 0.25) is 0 Å².